The second-order valence-electron chi connectivity index (χ2n) is 2.46. The first kappa shape index (κ1) is 9.31. The number of carboxylic acid groups (broad SMARTS) is 2. The third-order valence-electron chi connectivity index (χ3n) is 1.54. The Bertz CT molecular complexity index is 300. The molecule has 1 unspecified atom stereocenters. The number of hydrogen-bond acceptors (Lipinski definition) is 5. The van der Waals surface area contributed by atoms with Gasteiger partial charge in [-0.3, -0.25) is 0 Å². The lowest BCUT2D eigenvalue weighted by Gasteiger charge is -2.15. The van der Waals surface area contributed by atoms with Gasteiger partial charge in [0, 0.05) is 12.4 Å². The number of hydrogen-bond donors (Lipinski definition) is 0. The summed E-state index contributed by atoms with van der Waals surface area (Å²) in [5, 5.41) is 20.6. The van der Waals surface area contributed by atoms with Gasteiger partial charge in [0.1, 0.15) is 5.76 Å². The first-order chi connectivity index (χ1) is 6.11. The molecule has 0 aliphatic heterocycles. The summed E-state index contributed by atoms with van der Waals surface area (Å²) in [6.45, 7) is 0. The predicted molar refractivity (Wildman–Crippen MR) is 36.1 cm³/mol. The van der Waals surface area contributed by atoms with Gasteiger partial charge < -0.3 is 24.2 Å². The van der Waals surface area contributed by atoms with Crippen LogP contribution in [0.3, 0.4) is 0 Å². The van der Waals surface area contributed by atoms with Crippen LogP contribution in [0.1, 0.15) is 18.1 Å². The van der Waals surface area contributed by atoms with Gasteiger partial charge in [0.2, 0.25) is 0 Å². The predicted octanol–water partition coefficient (Wildman–Crippen LogP) is -1.75. The molecule has 1 rings (SSSR count). The monoisotopic (exact) mass is 182 g/mol. The Morgan fingerprint density at radius 2 is 2.15 bits per heavy atom. The quantitative estimate of drug-likeness (QED) is 0.550. The van der Waals surface area contributed by atoms with E-state index in [0.29, 0.717) is 0 Å². The van der Waals surface area contributed by atoms with Gasteiger partial charge >= 0.3 is 0 Å². The van der Waals surface area contributed by atoms with E-state index in [2.05, 4.69) is 0 Å². The molecule has 1 aromatic rings. The van der Waals surface area contributed by atoms with E-state index in [1.54, 1.807) is 0 Å². The Balaban J connectivity index is 2.81. The van der Waals surface area contributed by atoms with Gasteiger partial charge in [-0.1, -0.05) is 0 Å². The van der Waals surface area contributed by atoms with Gasteiger partial charge in [-0.2, -0.15) is 0 Å². The van der Waals surface area contributed by atoms with Crippen LogP contribution in [0.4, 0.5) is 0 Å². The summed E-state index contributed by atoms with van der Waals surface area (Å²) >= 11 is 0. The van der Waals surface area contributed by atoms with Gasteiger partial charge in [0.25, 0.3) is 0 Å². The zero-order chi connectivity index (χ0) is 9.84. The van der Waals surface area contributed by atoms with E-state index in [1.807, 2.05) is 0 Å². The largest absolute Gasteiger partial charge is 0.550 e. The molecule has 5 nitrogen and oxygen atoms in total. The van der Waals surface area contributed by atoms with E-state index >= 15 is 0 Å². The molecular formula is C8H6O5-2. The van der Waals surface area contributed by atoms with Crippen molar-refractivity contribution in [2.45, 2.75) is 12.3 Å². The molecule has 13 heavy (non-hydrogen) atoms. The smallest absolute Gasteiger partial charge is 0.112 e. The molecule has 0 N–H and O–H groups in total. The van der Waals surface area contributed by atoms with Gasteiger partial charge in [0.05, 0.1) is 18.2 Å². The van der Waals surface area contributed by atoms with Crippen molar-refractivity contribution in [2.24, 2.45) is 0 Å². The fourth-order valence-corrected chi connectivity index (χ4v) is 0.956. The lowest BCUT2D eigenvalue weighted by Crippen LogP contribution is -2.34. The lowest BCUT2D eigenvalue weighted by molar-refractivity contribution is -0.317. The molecule has 0 aliphatic rings. The van der Waals surface area contributed by atoms with Crippen LogP contribution in [-0.2, 0) is 9.59 Å². The molecule has 0 amide bonds. The van der Waals surface area contributed by atoms with Crippen LogP contribution in [0.15, 0.2) is 22.8 Å². The molecular weight excluding hydrogens is 176 g/mol. The van der Waals surface area contributed by atoms with Crippen molar-refractivity contribution in [3.63, 3.8) is 0 Å². The average molecular weight is 182 g/mol. The minimum absolute atomic E-state index is 0.0594. The molecule has 1 heterocycles. The van der Waals surface area contributed by atoms with E-state index in [-0.39, 0.29) is 5.76 Å². The van der Waals surface area contributed by atoms with Crippen LogP contribution in [0.2, 0.25) is 0 Å². The van der Waals surface area contributed by atoms with Crippen LogP contribution in [0.25, 0.3) is 0 Å². The molecule has 0 aromatic carbocycles. The van der Waals surface area contributed by atoms with Crippen molar-refractivity contribution in [3.8, 4) is 0 Å². The summed E-state index contributed by atoms with van der Waals surface area (Å²) in [5.41, 5.74) is 0. The standard InChI is InChI=1S/C8H8O5/c9-7(10)4-5(8(11)12)6-2-1-3-13-6/h1-3,5H,4H2,(H,9,10)(H,11,12)/p-2. The summed E-state index contributed by atoms with van der Waals surface area (Å²) in [6.07, 6.45) is 0.621. The molecule has 0 saturated heterocycles. The summed E-state index contributed by atoms with van der Waals surface area (Å²) in [7, 11) is 0. The third kappa shape index (κ3) is 2.33. The Hall–Kier alpha value is -1.78. The summed E-state index contributed by atoms with van der Waals surface area (Å²) < 4.78 is 4.75. The second-order valence-corrected chi connectivity index (χ2v) is 2.46. The topological polar surface area (TPSA) is 93.4 Å². The van der Waals surface area contributed by atoms with Crippen LogP contribution in [0.5, 0.6) is 0 Å². The molecule has 1 atom stereocenters. The van der Waals surface area contributed by atoms with Gasteiger partial charge in [-0.15, -0.1) is 0 Å². The first-order valence-corrected chi connectivity index (χ1v) is 3.55. The molecule has 0 bridgehead atoms. The van der Waals surface area contributed by atoms with Crippen molar-refractivity contribution in [3.05, 3.63) is 24.2 Å². The van der Waals surface area contributed by atoms with E-state index in [0.717, 1.165) is 0 Å². The van der Waals surface area contributed by atoms with Crippen molar-refractivity contribution < 1.29 is 24.2 Å². The van der Waals surface area contributed by atoms with E-state index in [9.17, 15) is 19.8 Å². The summed E-state index contributed by atoms with van der Waals surface area (Å²) in [4.78, 5) is 20.6. The Kier molecular flexibility index (Phi) is 2.69. The number of carboxylic acids is 2. The maximum atomic E-state index is 10.5. The number of aliphatic carboxylic acids is 2. The van der Waals surface area contributed by atoms with Crippen LogP contribution in [0, 0.1) is 0 Å². The van der Waals surface area contributed by atoms with Crippen LogP contribution < -0.4 is 10.2 Å². The lowest BCUT2D eigenvalue weighted by atomic mass is 10.0. The van der Waals surface area contributed by atoms with Gasteiger partial charge in [0.15, 0.2) is 0 Å². The number of rotatable bonds is 4. The number of carbonyl (C=O) groups excluding carboxylic acids is 2. The molecule has 1 aromatic heterocycles. The van der Waals surface area contributed by atoms with Crippen LogP contribution >= 0.6 is 0 Å². The molecule has 0 spiro atoms. The number of carbonyl (C=O) groups is 2. The molecule has 5 heteroatoms. The van der Waals surface area contributed by atoms with Crippen molar-refractivity contribution in [1.29, 1.82) is 0 Å². The first-order valence-electron chi connectivity index (χ1n) is 3.55. The highest BCUT2D eigenvalue weighted by Crippen LogP contribution is 2.18. The second kappa shape index (κ2) is 3.75. The highest BCUT2D eigenvalue weighted by atomic mass is 16.4. The van der Waals surface area contributed by atoms with Crippen molar-refractivity contribution >= 4 is 11.9 Å². The molecule has 0 aliphatic carbocycles. The SMILES string of the molecule is O=C([O-])CC(C(=O)[O-])c1ccco1. The highest BCUT2D eigenvalue weighted by molar-refractivity contribution is 5.79. The average Bonchev–Trinajstić information content (AvgIpc) is 2.50. The number of furan rings is 1. The molecule has 0 radical (unpaired) electrons. The fourth-order valence-electron chi connectivity index (χ4n) is 0.956. The summed E-state index contributed by atoms with van der Waals surface area (Å²) in [5.74, 6) is -4.16. The summed E-state index contributed by atoms with van der Waals surface area (Å²) in [6, 6.07) is 2.85. The maximum absolute atomic E-state index is 10.5. The third-order valence-corrected chi connectivity index (χ3v) is 1.54. The van der Waals surface area contributed by atoms with Crippen LogP contribution in [-0.4, -0.2) is 11.9 Å². The minimum Gasteiger partial charge on any atom is -0.550 e. The Labute approximate surface area is 73.6 Å². The van der Waals surface area contributed by atoms with Gasteiger partial charge in [-0.05, 0) is 12.1 Å². The molecule has 0 saturated carbocycles. The van der Waals surface area contributed by atoms with E-state index in [1.165, 1.54) is 18.4 Å². The maximum Gasteiger partial charge on any atom is 0.112 e. The van der Waals surface area contributed by atoms with Crippen molar-refractivity contribution in [2.75, 3.05) is 0 Å². The highest BCUT2D eigenvalue weighted by Gasteiger charge is 2.15. The molecule has 0 fully saturated rings. The van der Waals surface area contributed by atoms with Gasteiger partial charge in [-0.25, -0.2) is 0 Å². The molecule has 70 valence electrons. The Morgan fingerprint density at radius 3 is 2.54 bits per heavy atom. The fraction of sp³-hybridized carbons (Fsp3) is 0.250. The normalized spacial score (nSPS) is 12.3. The van der Waals surface area contributed by atoms with Crippen molar-refractivity contribution in [1.82, 2.24) is 0 Å². The Morgan fingerprint density at radius 1 is 1.46 bits per heavy atom. The minimum atomic E-state index is -1.49. The zero-order valence-electron chi connectivity index (χ0n) is 6.56. The van der Waals surface area contributed by atoms with E-state index < -0.39 is 24.3 Å². The van der Waals surface area contributed by atoms with E-state index in [4.69, 9.17) is 4.42 Å². The zero-order valence-corrected chi connectivity index (χ0v) is 6.56.